The number of carbonyl (C=O) groups is 1. The summed E-state index contributed by atoms with van der Waals surface area (Å²) in [6, 6.07) is 0. The van der Waals surface area contributed by atoms with Gasteiger partial charge in [0, 0.05) is 5.41 Å². The summed E-state index contributed by atoms with van der Waals surface area (Å²) in [6.07, 6.45) is 5.38. The lowest BCUT2D eigenvalue weighted by atomic mass is 9.45. The third-order valence-electron chi connectivity index (χ3n) is 6.01. The molecule has 5 aliphatic rings. The number of esters is 1. The SMILES string of the molecule is O=C1OC[C@@H](O)[C@]1(O)C12CC3CC(CC(C3)C1)C2. The Labute approximate surface area is 106 Å². The Morgan fingerprint density at radius 1 is 1.06 bits per heavy atom. The molecule has 4 bridgehead atoms. The van der Waals surface area contributed by atoms with Crippen molar-refractivity contribution in [3.8, 4) is 0 Å². The summed E-state index contributed by atoms with van der Waals surface area (Å²) in [6.45, 7) is -0.0446. The van der Waals surface area contributed by atoms with E-state index >= 15 is 0 Å². The second-order valence-electron chi connectivity index (χ2n) is 7.08. The molecule has 0 unspecified atom stereocenters. The van der Waals surface area contributed by atoms with E-state index in [0.29, 0.717) is 17.8 Å². The lowest BCUT2D eigenvalue weighted by Gasteiger charge is -2.60. The fraction of sp³-hybridized carbons (Fsp3) is 0.929. The highest BCUT2D eigenvalue weighted by Crippen LogP contribution is 2.65. The van der Waals surface area contributed by atoms with E-state index in [9.17, 15) is 15.0 Å². The van der Waals surface area contributed by atoms with Crippen molar-refractivity contribution in [2.75, 3.05) is 6.61 Å². The van der Waals surface area contributed by atoms with Crippen molar-refractivity contribution in [2.45, 2.75) is 50.2 Å². The summed E-state index contributed by atoms with van der Waals surface area (Å²) in [7, 11) is 0. The van der Waals surface area contributed by atoms with Crippen LogP contribution in [0, 0.1) is 23.2 Å². The van der Waals surface area contributed by atoms with E-state index in [4.69, 9.17) is 4.74 Å². The van der Waals surface area contributed by atoms with Crippen LogP contribution in [-0.2, 0) is 9.53 Å². The zero-order chi connectivity index (χ0) is 12.5. The van der Waals surface area contributed by atoms with Crippen LogP contribution in [0.2, 0.25) is 0 Å². The molecule has 1 heterocycles. The average Bonchev–Trinajstić information content (AvgIpc) is 2.57. The van der Waals surface area contributed by atoms with Crippen LogP contribution in [0.15, 0.2) is 0 Å². The molecule has 1 aliphatic heterocycles. The highest BCUT2D eigenvalue weighted by molar-refractivity contribution is 5.83. The Morgan fingerprint density at radius 3 is 1.94 bits per heavy atom. The van der Waals surface area contributed by atoms with E-state index < -0.39 is 23.1 Å². The minimum Gasteiger partial charge on any atom is -0.461 e. The number of rotatable bonds is 1. The molecule has 2 N–H and O–H groups in total. The quantitative estimate of drug-likeness (QED) is 0.679. The second-order valence-corrected chi connectivity index (χ2v) is 7.08. The number of aliphatic hydroxyl groups is 2. The summed E-state index contributed by atoms with van der Waals surface area (Å²) in [5.74, 6) is 1.33. The number of hydrogen-bond acceptors (Lipinski definition) is 4. The maximum Gasteiger partial charge on any atom is 0.341 e. The van der Waals surface area contributed by atoms with Crippen molar-refractivity contribution in [3.05, 3.63) is 0 Å². The molecule has 5 rings (SSSR count). The monoisotopic (exact) mass is 252 g/mol. The number of aliphatic hydroxyl groups excluding tert-OH is 1. The lowest BCUT2D eigenvalue weighted by molar-refractivity contribution is -0.209. The summed E-state index contributed by atoms with van der Waals surface area (Å²) in [5, 5.41) is 21.0. The number of ether oxygens (including phenoxy) is 1. The molecule has 0 amide bonds. The van der Waals surface area contributed by atoms with Crippen LogP contribution in [0.25, 0.3) is 0 Å². The molecule has 5 fully saturated rings. The van der Waals surface area contributed by atoms with Crippen molar-refractivity contribution < 1.29 is 19.7 Å². The van der Waals surface area contributed by atoms with Crippen LogP contribution in [0.4, 0.5) is 0 Å². The average molecular weight is 252 g/mol. The van der Waals surface area contributed by atoms with Gasteiger partial charge in [0.05, 0.1) is 0 Å². The van der Waals surface area contributed by atoms with Gasteiger partial charge >= 0.3 is 5.97 Å². The highest BCUT2D eigenvalue weighted by Gasteiger charge is 2.68. The Balaban J connectivity index is 1.77. The van der Waals surface area contributed by atoms with E-state index in [-0.39, 0.29) is 6.61 Å². The van der Waals surface area contributed by atoms with Gasteiger partial charge in [0.2, 0.25) is 0 Å². The highest BCUT2D eigenvalue weighted by atomic mass is 16.6. The topological polar surface area (TPSA) is 66.8 Å². The van der Waals surface area contributed by atoms with Gasteiger partial charge in [0.25, 0.3) is 0 Å². The molecule has 1 saturated heterocycles. The van der Waals surface area contributed by atoms with Gasteiger partial charge in [-0.1, -0.05) is 0 Å². The van der Waals surface area contributed by atoms with Gasteiger partial charge in [0.15, 0.2) is 5.60 Å². The number of hydrogen-bond donors (Lipinski definition) is 2. The van der Waals surface area contributed by atoms with Crippen LogP contribution in [0.3, 0.4) is 0 Å². The maximum absolute atomic E-state index is 12.0. The van der Waals surface area contributed by atoms with Crippen molar-refractivity contribution in [1.29, 1.82) is 0 Å². The predicted octanol–water partition coefficient (Wildman–Crippen LogP) is 0.852. The molecule has 4 nitrogen and oxygen atoms in total. The fourth-order valence-corrected chi connectivity index (χ4v) is 5.67. The largest absolute Gasteiger partial charge is 0.461 e. The Kier molecular flexibility index (Phi) is 2.05. The van der Waals surface area contributed by atoms with E-state index in [1.807, 2.05) is 0 Å². The van der Waals surface area contributed by atoms with E-state index in [2.05, 4.69) is 0 Å². The Morgan fingerprint density at radius 2 is 1.56 bits per heavy atom. The maximum atomic E-state index is 12.0. The van der Waals surface area contributed by atoms with E-state index in [1.165, 1.54) is 19.3 Å². The third kappa shape index (κ3) is 1.16. The Hall–Kier alpha value is -0.610. The normalized spacial score (nSPS) is 58.0. The van der Waals surface area contributed by atoms with E-state index in [1.54, 1.807) is 0 Å². The first-order chi connectivity index (χ1) is 8.53. The molecule has 0 aromatic carbocycles. The first kappa shape index (κ1) is 11.2. The van der Waals surface area contributed by atoms with Gasteiger partial charge in [0.1, 0.15) is 12.7 Å². The molecule has 18 heavy (non-hydrogen) atoms. The minimum atomic E-state index is -1.64. The first-order valence-corrected chi connectivity index (χ1v) is 7.11. The summed E-state index contributed by atoms with van der Waals surface area (Å²) in [4.78, 5) is 12.0. The summed E-state index contributed by atoms with van der Waals surface area (Å²) >= 11 is 0. The molecule has 2 atom stereocenters. The molecular weight excluding hydrogens is 232 g/mol. The molecule has 0 radical (unpaired) electrons. The van der Waals surface area contributed by atoms with Gasteiger partial charge in [-0.25, -0.2) is 4.79 Å². The lowest BCUT2D eigenvalue weighted by Crippen LogP contribution is -2.64. The van der Waals surface area contributed by atoms with Gasteiger partial charge in [-0.3, -0.25) is 0 Å². The van der Waals surface area contributed by atoms with E-state index in [0.717, 1.165) is 19.3 Å². The molecular formula is C14H20O4. The van der Waals surface area contributed by atoms with Crippen LogP contribution in [0.1, 0.15) is 38.5 Å². The minimum absolute atomic E-state index is 0.0446. The molecule has 0 aromatic heterocycles. The first-order valence-electron chi connectivity index (χ1n) is 7.11. The van der Waals surface area contributed by atoms with Crippen molar-refractivity contribution in [1.82, 2.24) is 0 Å². The number of carbonyl (C=O) groups excluding carboxylic acids is 1. The third-order valence-corrected chi connectivity index (χ3v) is 6.01. The smallest absolute Gasteiger partial charge is 0.341 e. The van der Waals surface area contributed by atoms with Crippen LogP contribution in [-0.4, -0.2) is 34.5 Å². The molecule has 4 aliphatic carbocycles. The molecule has 4 heteroatoms. The van der Waals surface area contributed by atoms with Crippen LogP contribution in [0.5, 0.6) is 0 Å². The second kappa shape index (κ2) is 3.28. The molecule has 100 valence electrons. The zero-order valence-electron chi connectivity index (χ0n) is 10.5. The molecule has 4 saturated carbocycles. The fourth-order valence-electron chi connectivity index (χ4n) is 5.67. The van der Waals surface area contributed by atoms with Crippen LogP contribution < -0.4 is 0 Å². The van der Waals surface area contributed by atoms with Gasteiger partial charge < -0.3 is 14.9 Å². The zero-order valence-corrected chi connectivity index (χ0v) is 10.5. The number of cyclic esters (lactones) is 1. The van der Waals surface area contributed by atoms with Gasteiger partial charge in [-0.05, 0) is 56.3 Å². The standard InChI is InChI=1S/C14H20O4/c15-11-7-18-12(16)14(11,17)13-4-8-1-9(5-13)3-10(2-8)6-13/h8-11,15,17H,1-7H2/t8?,9?,10?,11-,13?,14-/m1/s1. The molecule has 0 aromatic rings. The van der Waals surface area contributed by atoms with Crippen molar-refractivity contribution in [2.24, 2.45) is 23.2 Å². The summed E-state index contributed by atoms with van der Waals surface area (Å²) in [5.41, 5.74) is -2.04. The van der Waals surface area contributed by atoms with Crippen molar-refractivity contribution >= 4 is 5.97 Å². The van der Waals surface area contributed by atoms with Crippen LogP contribution >= 0.6 is 0 Å². The van der Waals surface area contributed by atoms with Crippen molar-refractivity contribution in [3.63, 3.8) is 0 Å². The predicted molar refractivity (Wildman–Crippen MR) is 62.5 cm³/mol. The Bertz CT molecular complexity index is 369. The van der Waals surface area contributed by atoms with Gasteiger partial charge in [-0.2, -0.15) is 0 Å². The molecule has 0 spiro atoms. The van der Waals surface area contributed by atoms with Gasteiger partial charge in [-0.15, -0.1) is 0 Å². The summed E-state index contributed by atoms with van der Waals surface area (Å²) < 4.78 is 4.93.